The largest absolute Gasteiger partial charge is 0.326 e. The number of nitrogens with one attached hydrogen (secondary N) is 1. The Balaban J connectivity index is 1.91. The van der Waals surface area contributed by atoms with Crippen LogP contribution in [0.2, 0.25) is 5.02 Å². The molecule has 0 spiro atoms. The molecule has 4 nitrogen and oxygen atoms in total. The standard InChI is InChI=1S/C14H18ClNO3S/c1-10-2-3-12(15)9-13(10)16-14(17)8-11-4-6-20(18,19)7-5-11/h2-3,9,11H,4-8H2,1H3,(H,16,17). The van der Waals surface area contributed by atoms with E-state index in [4.69, 9.17) is 11.6 Å². The smallest absolute Gasteiger partial charge is 0.224 e. The third-order valence-corrected chi connectivity index (χ3v) is 5.57. The lowest BCUT2D eigenvalue weighted by atomic mass is 9.98. The van der Waals surface area contributed by atoms with Gasteiger partial charge in [-0.15, -0.1) is 0 Å². The summed E-state index contributed by atoms with van der Waals surface area (Å²) in [7, 11) is -2.87. The zero-order chi connectivity index (χ0) is 14.8. The minimum absolute atomic E-state index is 0.0836. The second-order valence-electron chi connectivity index (χ2n) is 5.31. The number of rotatable bonds is 3. The molecule has 1 saturated heterocycles. The van der Waals surface area contributed by atoms with Crippen LogP contribution in [0.15, 0.2) is 18.2 Å². The van der Waals surface area contributed by atoms with Crippen LogP contribution >= 0.6 is 11.6 Å². The first-order valence-corrected chi connectivity index (χ1v) is 8.82. The first-order valence-electron chi connectivity index (χ1n) is 6.62. The second kappa shape index (κ2) is 6.14. The van der Waals surface area contributed by atoms with E-state index < -0.39 is 9.84 Å². The van der Waals surface area contributed by atoms with E-state index in [0.717, 1.165) is 5.56 Å². The highest BCUT2D eigenvalue weighted by Gasteiger charge is 2.25. The number of carbonyl (C=O) groups is 1. The first-order chi connectivity index (χ1) is 9.35. The summed E-state index contributed by atoms with van der Waals surface area (Å²) in [6, 6.07) is 5.35. The van der Waals surface area contributed by atoms with E-state index in [9.17, 15) is 13.2 Å². The zero-order valence-electron chi connectivity index (χ0n) is 11.4. The Morgan fingerprint density at radius 3 is 2.65 bits per heavy atom. The number of halogens is 1. The fourth-order valence-corrected chi connectivity index (χ4v) is 4.10. The van der Waals surface area contributed by atoms with Crippen LogP contribution in [0.5, 0.6) is 0 Å². The van der Waals surface area contributed by atoms with E-state index in [0.29, 0.717) is 30.0 Å². The molecule has 0 aromatic heterocycles. The Morgan fingerprint density at radius 2 is 2.00 bits per heavy atom. The summed E-state index contributed by atoms with van der Waals surface area (Å²) in [4.78, 5) is 12.0. The van der Waals surface area contributed by atoms with Crippen LogP contribution in [0, 0.1) is 12.8 Å². The third kappa shape index (κ3) is 4.21. The van der Waals surface area contributed by atoms with Crippen molar-refractivity contribution >= 4 is 33.0 Å². The van der Waals surface area contributed by atoms with E-state index >= 15 is 0 Å². The molecule has 0 aliphatic carbocycles. The van der Waals surface area contributed by atoms with Crippen molar-refractivity contribution in [1.82, 2.24) is 0 Å². The predicted octanol–water partition coefficient (Wildman–Crippen LogP) is 2.80. The van der Waals surface area contributed by atoms with Crippen LogP contribution in [-0.4, -0.2) is 25.8 Å². The van der Waals surface area contributed by atoms with Crippen molar-refractivity contribution in [1.29, 1.82) is 0 Å². The predicted molar refractivity (Wildman–Crippen MR) is 80.8 cm³/mol. The van der Waals surface area contributed by atoms with Crippen LogP contribution in [-0.2, 0) is 14.6 Å². The molecule has 1 aromatic carbocycles. The summed E-state index contributed by atoms with van der Waals surface area (Å²) < 4.78 is 22.7. The molecule has 6 heteroatoms. The molecule has 1 aromatic rings. The molecule has 110 valence electrons. The highest BCUT2D eigenvalue weighted by Crippen LogP contribution is 2.24. The minimum Gasteiger partial charge on any atom is -0.326 e. The lowest BCUT2D eigenvalue weighted by Crippen LogP contribution is -2.26. The van der Waals surface area contributed by atoms with Crippen LogP contribution in [0.1, 0.15) is 24.8 Å². The van der Waals surface area contributed by atoms with Gasteiger partial charge in [-0.2, -0.15) is 0 Å². The molecule has 1 amide bonds. The molecule has 20 heavy (non-hydrogen) atoms. The van der Waals surface area contributed by atoms with E-state index in [1.54, 1.807) is 12.1 Å². The summed E-state index contributed by atoms with van der Waals surface area (Å²) in [6.45, 7) is 1.90. The SMILES string of the molecule is Cc1ccc(Cl)cc1NC(=O)CC1CCS(=O)(=O)CC1. The highest BCUT2D eigenvalue weighted by molar-refractivity contribution is 7.91. The van der Waals surface area contributed by atoms with Gasteiger partial charge in [-0.05, 0) is 43.4 Å². The van der Waals surface area contributed by atoms with Gasteiger partial charge in [0.15, 0.2) is 0 Å². The lowest BCUT2D eigenvalue weighted by Gasteiger charge is -2.21. The summed E-state index contributed by atoms with van der Waals surface area (Å²) in [5.41, 5.74) is 1.67. The quantitative estimate of drug-likeness (QED) is 0.933. The summed E-state index contributed by atoms with van der Waals surface area (Å²) >= 11 is 5.91. The number of hydrogen-bond acceptors (Lipinski definition) is 3. The molecule has 0 atom stereocenters. The van der Waals surface area contributed by atoms with E-state index in [-0.39, 0.29) is 23.3 Å². The molecule has 2 rings (SSSR count). The van der Waals surface area contributed by atoms with Gasteiger partial charge in [0.05, 0.1) is 11.5 Å². The highest BCUT2D eigenvalue weighted by atomic mass is 35.5. The van der Waals surface area contributed by atoms with Crippen LogP contribution in [0.4, 0.5) is 5.69 Å². The van der Waals surface area contributed by atoms with E-state index in [1.807, 2.05) is 13.0 Å². The first kappa shape index (κ1) is 15.3. The van der Waals surface area contributed by atoms with Gasteiger partial charge in [-0.25, -0.2) is 8.42 Å². The Morgan fingerprint density at radius 1 is 1.35 bits per heavy atom. The maximum Gasteiger partial charge on any atom is 0.224 e. The molecule has 1 N–H and O–H groups in total. The zero-order valence-corrected chi connectivity index (χ0v) is 12.9. The molecule has 1 fully saturated rings. The number of carbonyl (C=O) groups excluding carboxylic acids is 1. The van der Waals surface area contributed by atoms with Gasteiger partial charge in [0.1, 0.15) is 9.84 Å². The fraction of sp³-hybridized carbons (Fsp3) is 0.500. The normalized spacial score (nSPS) is 18.7. The van der Waals surface area contributed by atoms with E-state index in [2.05, 4.69) is 5.32 Å². The van der Waals surface area contributed by atoms with Crippen molar-refractivity contribution in [2.45, 2.75) is 26.2 Å². The molecule has 1 aliphatic rings. The van der Waals surface area contributed by atoms with Crippen LogP contribution < -0.4 is 5.32 Å². The maximum atomic E-state index is 12.0. The third-order valence-electron chi connectivity index (χ3n) is 3.62. The average Bonchev–Trinajstić information content (AvgIpc) is 2.36. The van der Waals surface area contributed by atoms with Crippen molar-refractivity contribution in [2.75, 3.05) is 16.8 Å². The molecular formula is C14H18ClNO3S. The Kier molecular flexibility index (Phi) is 4.70. The maximum absolute atomic E-state index is 12.0. The topological polar surface area (TPSA) is 63.2 Å². The van der Waals surface area contributed by atoms with Crippen molar-refractivity contribution in [3.63, 3.8) is 0 Å². The molecule has 0 unspecified atom stereocenters. The lowest BCUT2D eigenvalue weighted by molar-refractivity contribution is -0.117. The molecule has 1 heterocycles. The van der Waals surface area contributed by atoms with Gasteiger partial charge in [-0.3, -0.25) is 4.79 Å². The van der Waals surface area contributed by atoms with Crippen molar-refractivity contribution in [3.8, 4) is 0 Å². The van der Waals surface area contributed by atoms with Gasteiger partial charge < -0.3 is 5.32 Å². The number of amides is 1. The second-order valence-corrected chi connectivity index (χ2v) is 8.05. The number of aryl methyl sites for hydroxylation is 1. The fourth-order valence-electron chi connectivity index (χ4n) is 2.34. The molecule has 0 bridgehead atoms. The Labute approximate surface area is 124 Å². The molecule has 0 saturated carbocycles. The number of benzene rings is 1. The van der Waals surface area contributed by atoms with Crippen molar-refractivity contribution < 1.29 is 13.2 Å². The Bertz CT molecular complexity index is 599. The summed E-state index contributed by atoms with van der Waals surface area (Å²) in [6.07, 6.45) is 1.51. The van der Waals surface area contributed by atoms with Crippen LogP contribution in [0.25, 0.3) is 0 Å². The van der Waals surface area contributed by atoms with E-state index in [1.165, 1.54) is 0 Å². The van der Waals surface area contributed by atoms with Gasteiger partial charge >= 0.3 is 0 Å². The van der Waals surface area contributed by atoms with Crippen molar-refractivity contribution in [3.05, 3.63) is 28.8 Å². The monoisotopic (exact) mass is 315 g/mol. The van der Waals surface area contributed by atoms with Gasteiger partial charge in [0.2, 0.25) is 5.91 Å². The minimum atomic E-state index is -2.87. The summed E-state index contributed by atoms with van der Waals surface area (Å²) in [5.74, 6) is 0.458. The number of hydrogen-bond donors (Lipinski definition) is 1. The Hall–Kier alpha value is -1.07. The molecule has 1 aliphatic heterocycles. The van der Waals surface area contributed by atoms with Gasteiger partial charge in [0, 0.05) is 17.1 Å². The van der Waals surface area contributed by atoms with Crippen molar-refractivity contribution in [2.24, 2.45) is 5.92 Å². The number of sulfone groups is 1. The van der Waals surface area contributed by atoms with Gasteiger partial charge in [0.25, 0.3) is 0 Å². The number of anilines is 1. The summed E-state index contributed by atoms with van der Waals surface area (Å²) in [5, 5.41) is 3.42. The molecular weight excluding hydrogens is 298 g/mol. The van der Waals surface area contributed by atoms with Crippen LogP contribution in [0.3, 0.4) is 0 Å². The van der Waals surface area contributed by atoms with Gasteiger partial charge in [-0.1, -0.05) is 17.7 Å². The average molecular weight is 316 g/mol. The molecule has 0 radical (unpaired) electrons.